The molecule has 0 aliphatic heterocycles. The Hall–Kier alpha value is -2.40. The Morgan fingerprint density at radius 1 is 1.20 bits per heavy atom. The molecule has 4 nitrogen and oxygen atoms in total. The highest BCUT2D eigenvalue weighted by molar-refractivity contribution is 5.93. The Morgan fingerprint density at radius 2 is 1.90 bits per heavy atom. The summed E-state index contributed by atoms with van der Waals surface area (Å²) in [4.78, 5) is 10.9. The molecule has 0 aromatic heterocycles. The van der Waals surface area contributed by atoms with Gasteiger partial charge in [-0.05, 0) is 23.8 Å². The molecule has 2 aromatic carbocycles. The number of carbonyl (C=O) groups is 1. The van der Waals surface area contributed by atoms with E-state index in [0.29, 0.717) is 12.2 Å². The Labute approximate surface area is 116 Å². The standard InChI is InChI=1S/C15H16FN3O/c16-12-8-11(15(18)20)6-7-14(12)19-9-13(17)10-4-2-1-3-5-10/h1-8,13,19H,9,17H2,(H2,18,20). The van der Waals surface area contributed by atoms with Crippen LogP contribution in [0.2, 0.25) is 0 Å². The SMILES string of the molecule is NC(=O)c1ccc(NCC(N)c2ccccc2)c(F)c1. The van der Waals surface area contributed by atoms with Gasteiger partial charge < -0.3 is 16.8 Å². The maximum absolute atomic E-state index is 13.8. The molecule has 1 amide bonds. The molecule has 0 heterocycles. The second kappa shape index (κ2) is 6.16. The van der Waals surface area contributed by atoms with Crippen LogP contribution in [0, 0.1) is 5.82 Å². The van der Waals surface area contributed by atoms with Gasteiger partial charge in [0.1, 0.15) is 5.82 Å². The van der Waals surface area contributed by atoms with Crippen molar-refractivity contribution in [1.82, 2.24) is 0 Å². The normalized spacial score (nSPS) is 11.9. The lowest BCUT2D eigenvalue weighted by atomic mass is 10.1. The Kier molecular flexibility index (Phi) is 4.32. The van der Waals surface area contributed by atoms with Crippen LogP contribution in [0.4, 0.5) is 10.1 Å². The predicted molar refractivity (Wildman–Crippen MR) is 76.8 cm³/mol. The van der Waals surface area contributed by atoms with E-state index in [1.165, 1.54) is 12.1 Å². The Morgan fingerprint density at radius 3 is 2.50 bits per heavy atom. The van der Waals surface area contributed by atoms with Gasteiger partial charge in [-0.15, -0.1) is 0 Å². The van der Waals surface area contributed by atoms with Crippen molar-refractivity contribution >= 4 is 11.6 Å². The Balaban J connectivity index is 2.02. The third-order valence-electron chi connectivity index (χ3n) is 2.99. The van der Waals surface area contributed by atoms with Gasteiger partial charge in [-0.3, -0.25) is 4.79 Å². The monoisotopic (exact) mass is 273 g/mol. The molecule has 20 heavy (non-hydrogen) atoms. The first-order valence-corrected chi connectivity index (χ1v) is 6.21. The summed E-state index contributed by atoms with van der Waals surface area (Å²) in [7, 11) is 0. The summed E-state index contributed by atoms with van der Waals surface area (Å²) in [5.41, 5.74) is 12.5. The quantitative estimate of drug-likeness (QED) is 0.779. The van der Waals surface area contributed by atoms with Gasteiger partial charge in [0.05, 0.1) is 5.69 Å². The molecule has 0 aliphatic rings. The molecule has 0 saturated carbocycles. The second-order valence-electron chi connectivity index (χ2n) is 4.46. The van der Waals surface area contributed by atoms with Crippen molar-refractivity contribution in [2.24, 2.45) is 11.5 Å². The van der Waals surface area contributed by atoms with Crippen molar-refractivity contribution in [3.63, 3.8) is 0 Å². The summed E-state index contributed by atoms with van der Waals surface area (Å²) in [6, 6.07) is 13.4. The number of benzene rings is 2. The van der Waals surface area contributed by atoms with Crippen LogP contribution in [0.5, 0.6) is 0 Å². The third-order valence-corrected chi connectivity index (χ3v) is 2.99. The number of anilines is 1. The van der Waals surface area contributed by atoms with Gasteiger partial charge in [-0.2, -0.15) is 0 Å². The number of carbonyl (C=O) groups excluding carboxylic acids is 1. The highest BCUT2D eigenvalue weighted by atomic mass is 19.1. The van der Waals surface area contributed by atoms with Gasteiger partial charge in [0.2, 0.25) is 5.91 Å². The van der Waals surface area contributed by atoms with E-state index in [4.69, 9.17) is 11.5 Å². The number of hydrogen-bond donors (Lipinski definition) is 3. The van der Waals surface area contributed by atoms with E-state index in [1.54, 1.807) is 0 Å². The highest BCUT2D eigenvalue weighted by Gasteiger charge is 2.09. The largest absolute Gasteiger partial charge is 0.381 e. The van der Waals surface area contributed by atoms with Crippen LogP contribution in [0.3, 0.4) is 0 Å². The van der Waals surface area contributed by atoms with Crippen molar-refractivity contribution in [2.75, 3.05) is 11.9 Å². The summed E-state index contributed by atoms with van der Waals surface area (Å²) in [6.07, 6.45) is 0. The summed E-state index contributed by atoms with van der Waals surface area (Å²) in [5.74, 6) is -1.18. The van der Waals surface area contributed by atoms with E-state index in [-0.39, 0.29) is 11.6 Å². The molecule has 0 bridgehead atoms. The molecule has 0 radical (unpaired) electrons. The van der Waals surface area contributed by atoms with Crippen LogP contribution < -0.4 is 16.8 Å². The van der Waals surface area contributed by atoms with Crippen molar-refractivity contribution < 1.29 is 9.18 Å². The molecule has 0 aliphatic carbocycles. The topological polar surface area (TPSA) is 81.1 Å². The highest BCUT2D eigenvalue weighted by Crippen LogP contribution is 2.17. The van der Waals surface area contributed by atoms with Crippen LogP contribution in [0.25, 0.3) is 0 Å². The van der Waals surface area contributed by atoms with Gasteiger partial charge in [0, 0.05) is 18.2 Å². The lowest BCUT2D eigenvalue weighted by Gasteiger charge is -2.14. The molecule has 1 atom stereocenters. The fraction of sp³-hybridized carbons (Fsp3) is 0.133. The second-order valence-corrected chi connectivity index (χ2v) is 4.46. The molecular weight excluding hydrogens is 257 g/mol. The molecular formula is C15H16FN3O. The molecule has 5 heteroatoms. The maximum atomic E-state index is 13.8. The average molecular weight is 273 g/mol. The fourth-order valence-corrected chi connectivity index (χ4v) is 1.85. The number of rotatable bonds is 5. The van der Waals surface area contributed by atoms with Crippen molar-refractivity contribution in [3.05, 3.63) is 65.5 Å². The van der Waals surface area contributed by atoms with Crippen LogP contribution >= 0.6 is 0 Å². The number of halogens is 1. The van der Waals surface area contributed by atoms with Crippen LogP contribution in [-0.2, 0) is 0 Å². The summed E-state index contributed by atoms with van der Waals surface area (Å²) >= 11 is 0. The number of nitrogens with one attached hydrogen (secondary N) is 1. The first-order chi connectivity index (χ1) is 9.58. The lowest BCUT2D eigenvalue weighted by molar-refractivity contribution is 0.1000. The van der Waals surface area contributed by atoms with Crippen molar-refractivity contribution in [3.8, 4) is 0 Å². The van der Waals surface area contributed by atoms with Gasteiger partial charge >= 0.3 is 0 Å². The summed E-state index contributed by atoms with van der Waals surface area (Å²) < 4.78 is 13.8. The van der Waals surface area contributed by atoms with Gasteiger partial charge in [-0.25, -0.2) is 4.39 Å². The summed E-state index contributed by atoms with van der Waals surface area (Å²) in [6.45, 7) is 0.386. The van der Waals surface area contributed by atoms with E-state index in [2.05, 4.69) is 5.32 Å². The summed E-state index contributed by atoms with van der Waals surface area (Å²) in [5, 5.41) is 2.93. The fourth-order valence-electron chi connectivity index (χ4n) is 1.85. The minimum absolute atomic E-state index is 0.139. The third kappa shape index (κ3) is 3.33. The smallest absolute Gasteiger partial charge is 0.248 e. The Bertz CT molecular complexity index is 601. The van der Waals surface area contributed by atoms with E-state index in [0.717, 1.165) is 11.6 Å². The maximum Gasteiger partial charge on any atom is 0.248 e. The van der Waals surface area contributed by atoms with E-state index in [9.17, 15) is 9.18 Å². The molecule has 0 spiro atoms. The number of hydrogen-bond acceptors (Lipinski definition) is 3. The van der Waals surface area contributed by atoms with Crippen molar-refractivity contribution in [2.45, 2.75) is 6.04 Å². The molecule has 0 saturated heterocycles. The van der Waals surface area contributed by atoms with Crippen molar-refractivity contribution in [1.29, 1.82) is 0 Å². The minimum Gasteiger partial charge on any atom is -0.381 e. The zero-order valence-corrected chi connectivity index (χ0v) is 10.8. The van der Waals surface area contributed by atoms with E-state index in [1.807, 2.05) is 30.3 Å². The zero-order valence-electron chi connectivity index (χ0n) is 10.8. The first kappa shape index (κ1) is 14.0. The number of amides is 1. The molecule has 0 fully saturated rings. The van der Waals surface area contributed by atoms with E-state index < -0.39 is 11.7 Å². The number of nitrogens with two attached hydrogens (primary N) is 2. The molecule has 104 valence electrons. The molecule has 1 unspecified atom stereocenters. The van der Waals surface area contributed by atoms with Crippen LogP contribution in [0.15, 0.2) is 48.5 Å². The van der Waals surface area contributed by atoms with Gasteiger partial charge in [0.25, 0.3) is 0 Å². The van der Waals surface area contributed by atoms with Gasteiger partial charge in [-0.1, -0.05) is 30.3 Å². The van der Waals surface area contributed by atoms with Crippen LogP contribution in [0.1, 0.15) is 22.0 Å². The van der Waals surface area contributed by atoms with Gasteiger partial charge in [0.15, 0.2) is 0 Å². The van der Waals surface area contributed by atoms with E-state index >= 15 is 0 Å². The number of primary amides is 1. The lowest BCUT2D eigenvalue weighted by Crippen LogP contribution is -2.21. The molecule has 5 N–H and O–H groups in total. The average Bonchev–Trinajstić information content (AvgIpc) is 2.46. The first-order valence-electron chi connectivity index (χ1n) is 6.21. The minimum atomic E-state index is -0.656. The molecule has 2 aromatic rings. The molecule has 2 rings (SSSR count). The predicted octanol–water partition coefficient (Wildman–Crippen LogP) is 2.04. The van der Waals surface area contributed by atoms with Crippen LogP contribution in [-0.4, -0.2) is 12.5 Å². The zero-order chi connectivity index (χ0) is 14.5.